The molecule has 6 heteroatoms. The first-order chi connectivity index (χ1) is 11.8. The molecule has 2 atom stereocenters. The number of halogens is 2. The Bertz CT molecular complexity index is 712. The van der Waals surface area contributed by atoms with Gasteiger partial charge in [-0.15, -0.1) is 24.8 Å². The summed E-state index contributed by atoms with van der Waals surface area (Å²) in [7, 11) is 0. The van der Waals surface area contributed by atoms with E-state index in [0.717, 1.165) is 62.0 Å². The van der Waals surface area contributed by atoms with Gasteiger partial charge in [0.2, 0.25) is 0 Å². The molecule has 0 aliphatic carbocycles. The van der Waals surface area contributed by atoms with Crippen LogP contribution in [-0.2, 0) is 0 Å². The minimum absolute atomic E-state index is 0. The van der Waals surface area contributed by atoms with Crippen LogP contribution in [-0.4, -0.2) is 42.0 Å². The van der Waals surface area contributed by atoms with Crippen LogP contribution in [0.25, 0.3) is 11.1 Å². The zero-order valence-corrected chi connectivity index (χ0v) is 16.3. The molecule has 4 nitrogen and oxygen atoms in total. The van der Waals surface area contributed by atoms with Crippen molar-refractivity contribution in [2.24, 2.45) is 11.8 Å². The van der Waals surface area contributed by atoms with E-state index in [2.05, 4.69) is 10.3 Å². The number of nitrogens with one attached hydrogen (secondary N) is 1. The molecular formula is C20H25Cl2N3O. The van der Waals surface area contributed by atoms with Crippen molar-refractivity contribution in [1.82, 2.24) is 15.2 Å². The van der Waals surface area contributed by atoms with Gasteiger partial charge in [0.25, 0.3) is 5.91 Å². The summed E-state index contributed by atoms with van der Waals surface area (Å²) in [5.41, 5.74) is 2.79. The molecule has 1 aromatic carbocycles. The van der Waals surface area contributed by atoms with Gasteiger partial charge in [-0.05, 0) is 49.4 Å². The van der Waals surface area contributed by atoms with Gasteiger partial charge < -0.3 is 10.2 Å². The van der Waals surface area contributed by atoms with Crippen LogP contribution in [0.1, 0.15) is 23.2 Å². The number of benzene rings is 1. The molecule has 2 aliphatic rings. The third-order valence-electron chi connectivity index (χ3n) is 5.40. The standard InChI is InChI=1S/C20H23N3O.2ClH/c24-20(23-8-6-16-11-21-12-17(16)7-9-23)19-10-18(13-22-14-19)15-4-2-1-3-5-15;;/h1-5,10,13-14,16-17,21H,6-9,11-12H2;2*1H/t16-,17+;;. The Morgan fingerprint density at radius 2 is 1.62 bits per heavy atom. The van der Waals surface area contributed by atoms with Crippen molar-refractivity contribution in [3.8, 4) is 11.1 Å². The second-order valence-electron chi connectivity index (χ2n) is 6.88. The summed E-state index contributed by atoms with van der Waals surface area (Å²) in [5.74, 6) is 1.58. The van der Waals surface area contributed by atoms with Gasteiger partial charge in [0.1, 0.15) is 0 Å². The summed E-state index contributed by atoms with van der Waals surface area (Å²) in [4.78, 5) is 19.2. The molecule has 2 saturated heterocycles. The average Bonchev–Trinajstić information content (AvgIpc) is 3.00. The highest BCUT2D eigenvalue weighted by molar-refractivity contribution is 5.95. The lowest BCUT2D eigenvalue weighted by Gasteiger charge is -2.21. The van der Waals surface area contributed by atoms with E-state index in [1.165, 1.54) is 0 Å². The fraction of sp³-hybridized carbons (Fsp3) is 0.400. The van der Waals surface area contributed by atoms with E-state index in [-0.39, 0.29) is 30.7 Å². The Kier molecular flexibility index (Phi) is 7.44. The topological polar surface area (TPSA) is 45.2 Å². The lowest BCUT2D eigenvalue weighted by atomic mass is 9.92. The van der Waals surface area contributed by atoms with Crippen LogP contribution in [0.15, 0.2) is 48.8 Å². The van der Waals surface area contributed by atoms with Crippen LogP contribution in [0.2, 0.25) is 0 Å². The predicted molar refractivity (Wildman–Crippen MR) is 109 cm³/mol. The number of nitrogens with zero attached hydrogens (tertiary/aromatic N) is 2. The minimum atomic E-state index is 0. The van der Waals surface area contributed by atoms with Crippen molar-refractivity contribution >= 4 is 30.7 Å². The summed E-state index contributed by atoms with van der Waals surface area (Å²) in [6.07, 6.45) is 5.73. The van der Waals surface area contributed by atoms with Crippen molar-refractivity contribution in [1.29, 1.82) is 0 Å². The Labute approximate surface area is 167 Å². The van der Waals surface area contributed by atoms with Crippen LogP contribution < -0.4 is 5.32 Å². The third kappa shape index (κ3) is 4.37. The van der Waals surface area contributed by atoms with Crippen molar-refractivity contribution in [2.75, 3.05) is 26.2 Å². The molecule has 4 rings (SSSR count). The summed E-state index contributed by atoms with van der Waals surface area (Å²) in [5, 5.41) is 3.48. The smallest absolute Gasteiger partial charge is 0.255 e. The van der Waals surface area contributed by atoms with Crippen molar-refractivity contribution < 1.29 is 4.79 Å². The lowest BCUT2D eigenvalue weighted by Crippen LogP contribution is -2.32. The van der Waals surface area contributed by atoms with Crippen LogP contribution in [0.3, 0.4) is 0 Å². The fourth-order valence-corrected chi connectivity index (χ4v) is 3.95. The quantitative estimate of drug-likeness (QED) is 0.846. The van der Waals surface area contributed by atoms with Crippen LogP contribution in [0.5, 0.6) is 0 Å². The molecule has 2 fully saturated rings. The molecule has 0 unspecified atom stereocenters. The van der Waals surface area contributed by atoms with Gasteiger partial charge in [-0.25, -0.2) is 0 Å². The van der Waals surface area contributed by atoms with E-state index >= 15 is 0 Å². The van der Waals surface area contributed by atoms with Crippen LogP contribution in [0.4, 0.5) is 0 Å². The molecule has 140 valence electrons. The molecule has 2 aliphatic heterocycles. The van der Waals surface area contributed by atoms with E-state index in [1.54, 1.807) is 6.20 Å². The SMILES string of the molecule is Cl.Cl.O=C(c1cncc(-c2ccccc2)c1)N1CC[C@@H]2CNC[C@@H]2CC1. The van der Waals surface area contributed by atoms with Crippen molar-refractivity contribution in [2.45, 2.75) is 12.8 Å². The molecule has 0 saturated carbocycles. The van der Waals surface area contributed by atoms with Crippen molar-refractivity contribution in [3.05, 3.63) is 54.4 Å². The maximum atomic E-state index is 12.9. The number of carbonyl (C=O) groups excluding carboxylic acids is 1. The van der Waals surface area contributed by atoms with E-state index < -0.39 is 0 Å². The van der Waals surface area contributed by atoms with Gasteiger partial charge >= 0.3 is 0 Å². The largest absolute Gasteiger partial charge is 0.339 e. The van der Waals surface area contributed by atoms with Gasteiger partial charge in [-0.2, -0.15) is 0 Å². The number of hydrogen-bond donors (Lipinski definition) is 1. The molecule has 26 heavy (non-hydrogen) atoms. The molecule has 1 amide bonds. The number of carbonyl (C=O) groups is 1. The summed E-state index contributed by atoms with van der Waals surface area (Å²) >= 11 is 0. The van der Waals surface area contributed by atoms with E-state index in [0.29, 0.717) is 5.56 Å². The normalized spacial score (nSPS) is 21.8. The first-order valence-electron chi connectivity index (χ1n) is 8.82. The summed E-state index contributed by atoms with van der Waals surface area (Å²) < 4.78 is 0. The van der Waals surface area contributed by atoms with Gasteiger partial charge in [0, 0.05) is 31.0 Å². The highest BCUT2D eigenvalue weighted by Gasteiger charge is 2.31. The van der Waals surface area contributed by atoms with Crippen LogP contribution >= 0.6 is 24.8 Å². The highest BCUT2D eigenvalue weighted by atomic mass is 35.5. The van der Waals surface area contributed by atoms with Crippen molar-refractivity contribution in [3.63, 3.8) is 0 Å². The second kappa shape index (κ2) is 9.36. The molecule has 0 bridgehead atoms. The molecule has 0 radical (unpaired) electrons. The Balaban J connectivity index is 0.00000121. The van der Waals surface area contributed by atoms with Gasteiger partial charge in [-0.1, -0.05) is 30.3 Å². The molecule has 0 spiro atoms. The predicted octanol–water partition coefficient (Wildman–Crippen LogP) is 3.66. The summed E-state index contributed by atoms with van der Waals surface area (Å²) in [6, 6.07) is 12.1. The highest BCUT2D eigenvalue weighted by Crippen LogP contribution is 2.28. The van der Waals surface area contributed by atoms with Gasteiger partial charge in [-0.3, -0.25) is 9.78 Å². The zero-order chi connectivity index (χ0) is 16.4. The molecular weight excluding hydrogens is 369 g/mol. The van der Waals surface area contributed by atoms with E-state index in [9.17, 15) is 4.79 Å². The Morgan fingerprint density at radius 1 is 0.962 bits per heavy atom. The van der Waals surface area contributed by atoms with Crippen LogP contribution in [0, 0.1) is 11.8 Å². The average molecular weight is 394 g/mol. The van der Waals surface area contributed by atoms with E-state index in [1.807, 2.05) is 47.5 Å². The second-order valence-corrected chi connectivity index (χ2v) is 6.88. The zero-order valence-electron chi connectivity index (χ0n) is 14.6. The first kappa shape index (κ1) is 20.7. The minimum Gasteiger partial charge on any atom is -0.339 e. The maximum Gasteiger partial charge on any atom is 0.255 e. The Morgan fingerprint density at radius 3 is 2.27 bits per heavy atom. The number of rotatable bonds is 2. The monoisotopic (exact) mass is 393 g/mol. The van der Waals surface area contributed by atoms with E-state index in [4.69, 9.17) is 0 Å². The number of fused-ring (bicyclic) bond motifs is 1. The fourth-order valence-electron chi connectivity index (χ4n) is 3.95. The maximum absolute atomic E-state index is 12.9. The number of pyridine rings is 1. The van der Waals surface area contributed by atoms with Gasteiger partial charge in [0.15, 0.2) is 0 Å². The Hall–Kier alpha value is -1.62. The summed E-state index contributed by atoms with van der Waals surface area (Å²) in [6.45, 7) is 3.93. The number of likely N-dealkylation sites (tertiary alicyclic amines) is 1. The van der Waals surface area contributed by atoms with Gasteiger partial charge in [0.05, 0.1) is 5.56 Å². The number of amides is 1. The number of hydrogen-bond acceptors (Lipinski definition) is 3. The lowest BCUT2D eigenvalue weighted by molar-refractivity contribution is 0.0758. The molecule has 3 heterocycles. The molecule has 2 aromatic rings. The molecule has 1 N–H and O–H groups in total. The molecule has 1 aromatic heterocycles. The third-order valence-corrected chi connectivity index (χ3v) is 5.40. The first-order valence-corrected chi connectivity index (χ1v) is 8.82. The number of aromatic nitrogens is 1.